The summed E-state index contributed by atoms with van der Waals surface area (Å²) in [5, 5.41) is 3.17. The normalized spacial score (nSPS) is 17.8. The molecule has 0 aliphatic carbocycles. The third kappa shape index (κ3) is 4.28. The molecule has 1 aromatic carbocycles. The number of hydrogen-bond donors (Lipinski definition) is 1. The topological polar surface area (TPSA) is 24.5 Å². The molecule has 0 aromatic heterocycles. The number of nitrogens with one attached hydrogen (secondary N) is 1. The van der Waals surface area contributed by atoms with E-state index in [1.54, 1.807) is 6.07 Å². The molecule has 0 unspecified atom stereocenters. The van der Waals surface area contributed by atoms with Crippen LogP contribution in [0.1, 0.15) is 5.56 Å². The van der Waals surface area contributed by atoms with Gasteiger partial charge < -0.3 is 10.1 Å². The summed E-state index contributed by atoms with van der Waals surface area (Å²) in [5.74, 6) is -0.495. The van der Waals surface area contributed by atoms with Crippen molar-refractivity contribution in [2.75, 3.05) is 26.2 Å². The van der Waals surface area contributed by atoms with Crippen molar-refractivity contribution in [3.05, 3.63) is 29.8 Å². The molecule has 1 aromatic rings. The van der Waals surface area contributed by atoms with Gasteiger partial charge in [-0.2, -0.15) is 22.0 Å². The Hall–Kier alpha value is -1.41. The molecule has 3 nitrogen and oxygen atoms in total. The van der Waals surface area contributed by atoms with E-state index in [-0.39, 0.29) is 0 Å². The van der Waals surface area contributed by atoms with Crippen LogP contribution in [0.4, 0.5) is 22.0 Å². The first-order chi connectivity index (χ1) is 9.78. The van der Waals surface area contributed by atoms with Gasteiger partial charge in [-0.15, -0.1) is 0 Å². The molecule has 0 saturated carbocycles. The summed E-state index contributed by atoms with van der Waals surface area (Å²) < 4.78 is 65.8. The summed E-state index contributed by atoms with van der Waals surface area (Å²) in [6, 6.07) is 5.36. The maximum Gasteiger partial charge on any atom is 0.499 e. The van der Waals surface area contributed by atoms with Crippen LogP contribution >= 0.6 is 0 Å². The van der Waals surface area contributed by atoms with Crippen LogP contribution in [0.25, 0.3) is 0 Å². The molecule has 1 saturated heterocycles. The molecular weight excluding hydrogens is 295 g/mol. The number of benzene rings is 1. The molecule has 0 spiro atoms. The first kappa shape index (κ1) is 16.0. The largest absolute Gasteiger partial charge is 0.499 e. The maximum absolute atomic E-state index is 12.8. The van der Waals surface area contributed by atoms with Gasteiger partial charge in [-0.05, 0) is 17.7 Å². The first-order valence-electron chi connectivity index (χ1n) is 6.43. The van der Waals surface area contributed by atoms with Crippen LogP contribution < -0.4 is 10.1 Å². The van der Waals surface area contributed by atoms with Gasteiger partial charge >= 0.3 is 12.3 Å². The van der Waals surface area contributed by atoms with Crippen molar-refractivity contribution < 1.29 is 26.7 Å². The SMILES string of the molecule is FC(F)(F)C(F)(F)Oc1cccc(CN2CCNCC2)c1. The van der Waals surface area contributed by atoms with E-state index in [0.29, 0.717) is 12.1 Å². The van der Waals surface area contributed by atoms with Crippen LogP contribution in [-0.4, -0.2) is 43.4 Å². The molecular formula is C13H15F5N2O. The van der Waals surface area contributed by atoms with E-state index < -0.39 is 18.0 Å². The van der Waals surface area contributed by atoms with Crippen molar-refractivity contribution in [1.29, 1.82) is 0 Å². The molecule has 1 heterocycles. The Labute approximate surface area is 118 Å². The van der Waals surface area contributed by atoms with E-state index in [1.165, 1.54) is 12.1 Å². The maximum atomic E-state index is 12.8. The van der Waals surface area contributed by atoms with Gasteiger partial charge in [-0.3, -0.25) is 4.90 Å². The predicted molar refractivity (Wildman–Crippen MR) is 66.2 cm³/mol. The molecule has 2 rings (SSSR count). The molecule has 1 aliphatic heterocycles. The quantitative estimate of drug-likeness (QED) is 0.865. The highest BCUT2D eigenvalue weighted by Crippen LogP contribution is 2.37. The van der Waals surface area contributed by atoms with Crippen molar-refractivity contribution in [3.63, 3.8) is 0 Å². The van der Waals surface area contributed by atoms with Crippen molar-refractivity contribution in [2.45, 2.75) is 18.8 Å². The molecule has 1 fully saturated rings. The lowest BCUT2D eigenvalue weighted by molar-refractivity contribution is -0.360. The second-order valence-corrected chi connectivity index (χ2v) is 4.79. The van der Waals surface area contributed by atoms with Crippen LogP contribution in [0.15, 0.2) is 24.3 Å². The average molecular weight is 310 g/mol. The standard InChI is InChI=1S/C13H15F5N2O/c14-12(15,16)13(17,18)21-11-3-1-2-10(8-11)9-20-6-4-19-5-7-20/h1-3,8,19H,4-7,9H2. The number of piperazine rings is 1. The second kappa shape index (κ2) is 6.15. The number of alkyl halides is 5. The van der Waals surface area contributed by atoms with Crippen LogP contribution in [0, 0.1) is 0 Å². The van der Waals surface area contributed by atoms with Crippen LogP contribution in [0.5, 0.6) is 5.75 Å². The van der Waals surface area contributed by atoms with E-state index in [0.717, 1.165) is 32.2 Å². The minimum Gasteiger partial charge on any atom is -0.426 e. The van der Waals surface area contributed by atoms with Crippen LogP contribution in [0.2, 0.25) is 0 Å². The fraction of sp³-hybridized carbons (Fsp3) is 0.538. The van der Waals surface area contributed by atoms with Gasteiger partial charge in [0.25, 0.3) is 0 Å². The third-order valence-electron chi connectivity index (χ3n) is 3.09. The molecule has 21 heavy (non-hydrogen) atoms. The summed E-state index contributed by atoms with van der Waals surface area (Å²) in [6.07, 6.45) is -10.9. The van der Waals surface area contributed by atoms with Crippen LogP contribution in [-0.2, 0) is 6.54 Å². The molecule has 0 atom stereocenters. The number of hydrogen-bond acceptors (Lipinski definition) is 3. The van der Waals surface area contributed by atoms with Gasteiger partial charge in [-0.1, -0.05) is 12.1 Å². The van der Waals surface area contributed by atoms with Gasteiger partial charge in [0.15, 0.2) is 0 Å². The van der Waals surface area contributed by atoms with Gasteiger partial charge in [0.2, 0.25) is 0 Å². The fourth-order valence-electron chi connectivity index (χ4n) is 2.04. The first-order valence-corrected chi connectivity index (χ1v) is 6.43. The minimum atomic E-state index is -5.73. The second-order valence-electron chi connectivity index (χ2n) is 4.79. The van der Waals surface area contributed by atoms with Gasteiger partial charge in [0.1, 0.15) is 5.75 Å². The fourth-order valence-corrected chi connectivity index (χ4v) is 2.04. The predicted octanol–water partition coefficient (Wildman–Crippen LogP) is 2.63. The van der Waals surface area contributed by atoms with Gasteiger partial charge in [0, 0.05) is 32.7 Å². The smallest absolute Gasteiger partial charge is 0.426 e. The van der Waals surface area contributed by atoms with Gasteiger partial charge in [0.05, 0.1) is 0 Å². The Balaban J connectivity index is 2.03. The highest BCUT2D eigenvalue weighted by atomic mass is 19.4. The molecule has 1 N–H and O–H groups in total. The Bertz CT molecular complexity index is 472. The molecule has 118 valence electrons. The zero-order chi connectivity index (χ0) is 15.5. The number of ether oxygens (including phenoxy) is 1. The average Bonchev–Trinajstić information content (AvgIpc) is 2.38. The molecule has 8 heteroatoms. The van der Waals surface area contributed by atoms with E-state index in [4.69, 9.17) is 0 Å². The highest BCUT2D eigenvalue weighted by Gasteiger charge is 2.61. The zero-order valence-electron chi connectivity index (χ0n) is 11.1. The number of rotatable bonds is 4. The number of nitrogens with zero attached hydrogens (tertiary/aromatic N) is 1. The Morgan fingerprint density at radius 3 is 2.38 bits per heavy atom. The van der Waals surface area contributed by atoms with Crippen molar-refractivity contribution >= 4 is 0 Å². The van der Waals surface area contributed by atoms with Crippen molar-refractivity contribution in [2.24, 2.45) is 0 Å². The van der Waals surface area contributed by atoms with Gasteiger partial charge in [-0.25, -0.2) is 0 Å². The highest BCUT2D eigenvalue weighted by molar-refractivity contribution is 5.29. The Morgan fingerprint density at radius 1 is 1.10 bits per heavy atom. The lowest BCUT2D eigenvalue weighted by Gasteiger charge is -2.27. The summed E-state index contributed by atoms with van der Waals surface area (Å²) >= 11 is 0. The minimum absolute atomic E-state index is 0.483. The van der Waals surface area contributed by atoms with E-state index in [1.807, 2.05) is 0 Å². The summed E-state index contributed by atoms with van der Waals surface area (Å²) in [7, 11) is 0. The lowest BCUT2D eigenvalue weighted by atomic mass is 10.2. The number of halogens is 5. The van der Waals surface area contributed by atoms with E-state index in [9.17, 15) is 22.0 Å². The third-order valence-corrected chi connectivity index (χ3v) is 3.09. The Morgan fingerprint density at radius 2 is 1.76 bits per heavy atom. The molecule has 0 radical (unpaired) electrons. The molecule has 1 aliphatic rings. The van der Waals surface area contributed by atoms with E-state index in [2.05, 4.69) is 15.0 Å². The summed E-state index contributed by atoms with van der Waals surface area (Å²) in [5.41, 5.74) is 0.632. The summed E-state index contributed by atoms with van der Waals surface area (Å²) in [4.78, 5) is 2.08. The van der Waals surface area contributed by atoms with Crippen molar-refractivity contribution in [1.82, 2.24) is 10.2 Å². The monoisotopic (exact) mass is 310 g/mol. The van der Waals surface area contributed by atoms with Crippen molar-refractivity contribution in [3.8, 4) is 5.75 Å². The summed E-state index contributed by atoms with van der Waals surface area (Å²) in [6.45, 7) is 3.72. The van der Waals surface area contributed by atoms with Crippen LogP contribution in [0.3, 0.4) is 0 Å². The zero-order valence-corrected chi connectivity index (χ0v) is 11.1. The van der Waals surface area contributed by atoms with E-state index >= 15 is 0 Å². The Kier molecular flexibility index (Phi) is 4.67. The molecule has 0 bridgehead atoms. The lowest BCUT2D eigenvalue weighted by Crippen LogP contribution is -2.43. The molecule has 0 amide bonds.